The molecule has 1 atom stereocenters. The van der Waals surface area contributed by atoms with Crippen LogP contribution in [0.25, 0.3) is 0 Å². The third-order valence-corrected chi connectivity index (χ3v) is 2.71. The molecule has 1 N–H and O–H groups in total. The van der Waals surface area contributed by atoms with Crippen molar-refractivity contribution in [3.63, 3.8) is 0 Å². The molecule has 0 saturated carbocycles. The third-order valence-electron chi connectivity index (χ3n) is 2.71. The Labute approximate surface area is 95.6 Å². The van der Waals surface area contributed by atoms with Gasteiger partial charge in [-0.05, 0) is 25.8 Å². The summed E-state index contributed by atoms with van der Waals surface area (Å²) in [5.41, 5.74) is 0. The number of nitrogens with one attached hydrogen (secondary N) is 1. The van der Waals surface area contributed by atoms with E-state index in [9.17, 15) is 0 Å². The molecule has 1 aliphatic heterocycles. The molecular weight excluding hydrogens is 206 g/mol. The van der Waals surface area contributed by atoms with Gasteiger partial charge in [0.1, 0.15) is 0 Å². The highest BCUT2D eigenvalue weighted by molar-refractivity contribution is 4.85. The van der Waals surface area contributed by atoms with Crippen molar-refractivity contribution in [2.75, 3.05) is 13.2 Å². The van der Waals surface area contributed by atoms with E-state index in [-0.39, 0.29) is 6.10 Å². The van der Waals surface area contributed by atoms with E-state index in [1.54, 1.807) is 0 Å². The van der Waals surface area contributed by atoms with Crippen LogP contribution in [0.4, 0.5) is 0 Å². The first-order valence-electron chi connectivity index (χ1n) is 6.02. The van der Waals surface area contributed by atoms with Gasteiger partial charge in [-0.3, -0.25) is 0 Å². The first-order chi connectivity index (χ1) is 7.88. The normalized spacial score (nSPS) is 21.2. The van der Waals surface area contributed by atoms with Gasteiger partial charge < -0.3 is 14.5 Å². The van der Waals surface area contributed by atoms with Crippen molar-refractivity contribution < 1.29 is 9.15 Å². The van der Waals surface area contributed by atoms with Crippen molar-refractivity contribution in [3.8, 4) is 0 Å². The fourth-order valence-corrected chi connectivity index (χ4v) is 1.84. The van der Waals surface area contributed by atoms with Crippen LogP contribution in [0.1, 0.15) is 38.0 Å². The highest BCUT2D eigenvalue weighted by atomic mass is 16.5. The van der Waals surface area contributed by atoms with Crippen molar-refractivity contribution in [1.82, 2.24) is 15.5 Å². The Morgan fingerprint density at radius 3 is 2.94 bits per heavy atom. The zero-order valence-electron chi connectivity index (χ0n) is 9.74. The van der Waals surface area contributed by atoms with Gasteiger partial charge in [0.15, 0.2) is 0 Å². The first kappa shape index (κ1) is 11.5. The Kier molecular flexibility index (Phi) is 4.30. The van der Waals surface area contributed by atoms with Crippen molar-refractivity contribution in [1.29, 1.82) is 0 Å². The van der Waals surface area contributed by atoms with E-state index in [2.05, 4.69) is 15.5 Å². The van der Waals surface area contributed by atoms with E-state index in [1.165, 1.54) is 12.8 Å². The van der Waals surface area contributed by atoms with Gasteiger partial charge in [-0.25, -0.2) is 0 Å². The quantitative estimate of drug-likeness (QED) is 0.818. The Bertz CT molecular complexity index is 308. The van der Waals surface area contributed by atoms with Crippen molar-refractivity contribution >= 4 is 0 Å². The molecule has 1 aromatic heterocycles. The molecule has 0 aliphatic carbocycles. The van der Waals surface area contributed by atoms with E-state index in [1.807, 2.05) is 6.92 Å². The second kappa shape index (κ2) is 5.96. The summed E-state index contributed by atoms with van der Waals surface area (Å²) in [6, 6.07) is 0. The second-order valence-corrected chi connectivity index (χ2v) is 4.06. The molecule has 0 amide bonds. The van der Waals surface area contributed by atoms with E-state index in [0.717, 1.165) is 26.0 Å². The SMILES string of the molecule is CCNCc1nnc(CC2CCCCO2)o1. The van der Waals surface area contributed by atoms with Gasteiger partial charge in [0.05, 0.1) is 19.1 Å². The van der Waals surface area contributed by atoms with Crippen LogP contribution in [0.5, 0.6) is 0 Å². The smallest absolute Gasteiger partial charge is 0.230 e. The number of ether oxygens (including phenoxy) is 1. The number of hydrogen-bond acceptors (Lipinski definition) is 5. The molecule has 0 bridgehead atoms. The van der Waals surface area contributed by atoms with Crippen LogP contribution in [0.15, 0.2) is 4.42 Å². The summed E-state index contributed by atoms with van der Waals surface area (Å²) in [4.78, 5) is 0. The molecule has 1 aromatic rings. The van der Waals surface area contributed by atoms with E-state index < -0.39 is 0 Å². The minimum absolute atomic E-state index is 0.265. The minimum atomic E-state index is 0.265. The molecular formula is C11H19N3O2. The van der Waals surface area contributed by atoms with Crippen LogP contribution in [0.3, 0.4) is 0 Å². The number of aromatic nitrogens is 2. The molecule has 1 aliphatic rings. The monoisotopic (exact) mass is 225 g/mol. The van der Waals surface area contributed by atoms with Gasteiger partial charge in [0, 0.05) is 6.61 Å². The predicted molar refractivity (Wildman–Crippen MR) is 59.0 cm³/mol. The lowest BCUT2D eigenvalue weighted by Crippen LogP contribution is -2.21. The predicted octanol–water partition coefficient (Wildman–Crippen LogP) is 1.29. The van der Waals surface area contributed by atoms with Crippen molar-refractivity contribution in [2.24, 2.45) is 0 Å². The molecule has 2 rings (SSSR count). The van der Waals surface area contributed by atoms with Crippen LogP contribution in [-0.2, 0) is 17.7 Å². The van der Waals surface area contributed by atoms with E-state index in [0.29, 0.717) is 18.3 Å². The minimum Gasteiger partial charge on any atom is -0.424 e. The van der Waals surface area contributed by atoms with E-state index in [4.69, 9.17) is 9.15 Å². The summed E-state index contributed by atoms with van der Waals surface area (Å²) in [5, 5.41) is 11.2. The first-order valence-corrected chi connectivity index (χ1v) is 6.02. The molecule has 16 heavy (non-hydrogen) atoms. The maximum atomic E-state index is 5.63. The summed E-state index contributed by atoms with van der Waals surface area (Å²) >= 11 is 0. The van der Waals surface area contributed by atoms with Crippen LogP contribution in [-0.4, -0.2) is 29.5 Å². The fourth-order valence-electron chi connectivity index (χ4n) is 1.84. The largest absolute Gasteiger partial charge is 0.424 e. The van der Waals surface area contributed by atoms with Crippen LogP contribution < -0.4 is 5.32 Å². The maximum Gasteiger partial charge on any atom is 0.230 e. The van der Waals surface area contributed by atoms with Crippen LogP contribution in [0, 0.1) is 0 Å². The summed E-state index contributed by atoms with van der Waals surface area (Å²) in [6.45, 7) is 4.47. The van der Waals surface area contributed by atoms with Crippen LogP contribution >= 0.6 is 0 Å². The molecule has 1 saturated heterocycles. The highest BCUT2D eigenvalue weighted by Crippen LogP contribution is 2.16. The molecule has 90 valence electrons. The number of nitrogens with zero attached hydrogens (tertiary/aromatic N) is 2. The third kappa shape index (κ3) is 3.28. The average molecular weight is 225 g/mol. The van der Waals surface area contributed by atoms with Gasteiger partial charge >= 0.3 is 0 Å². The molecule has 5 heteroatoms. The molecule has 5 nitrogen and oxygen atoms in total. The summed E-state index contributed by atoms with van der Waals surface area (Å²) in [5.74, 6) is 1.35. The second-order valence-electron chi connectivity index (χ2n) is 4.06. The highest BCUT2D eigenvalue weighted by Gasteiger charge is 2.17. The lowest BCUT2D eigenvalue weighted by Gasteiger charge is -2.20. The van der Waals surface area contributed by atoms with Gasteiger partial charge in [0.2, 0.25) is 11.8 Å². The summed E-state index contributed by atoms with van der Waals surface area (Å²) in [7, 11) is 0. The number of rotatable bonds is 5. The fraction of sp³-hybridized carbons (Fsp3) is 0.818. The van der Waals surface area contributed by atoms with Crippen molar-refractivity contribution in [2.45, 2.75) is 45.3 Å². The maximum absolute atomic E-state index is 5.63. The lowest BCUT2D eigenvalue weighted by atomic mass is 10.1. The molecule has 0 radical (unpaired) electrons. The Morgan fingerprint density at radius 1 is 1.31 bits per heavy atom. The Morgan fingerprint density at radius 2 is 2.19 bits per heavy atom. The van der Waals surface area contributed by atoms with Gasteiger partial charge in [-0.1, -0.05) is 6.92 Å². The van der Waals surface area contributed by atoms with Crippen LogP contribution in [0.2, 0.25) is 0 Å². The molecule has 0 aromatic carbocycles. The van der Waals surface area contributed by atoms with Crippen molar-refractivity contribution in [3.05, 3.63) is 11.8 Å². The Hall–Kier alpha value is -0.940. The van der Waals surface area contributed by atoms with Gasteiger partial charge in [-0.2, -0.15) is 0 Å². The summed E-state index contributed by atoms with van der Waals surface area (Å²) < 4.78 is 11.2. The van der Waals surface area contributed by atoms with E-state index >= 15 is 0 Å². The summed E-state index contributed by atoms with van der Waals surface area (Å²) in [6.07, 6.45) is 4.53. The Balaban J connectivity index is 1.81. The lowest BCUT2D eigenvalue weighted by molar-refractivity contribution is 0.0130. The molecule has 1 fully saturated rings. The zero-order valence-corrected chi connectivity index (χ0v) is 9.74. The average Bonchev–Trinajstić information content (AvgIpc) is 2.75. The molecule has 1 unspecified atom stereocenters. The standard InChI is InChI=1S/C11H19N3O2/c1-2-12-8-11-14-13-10(16-11)7-9-5-3-4-6-15-9/h9,12H,2-8H2,1H3. The number of hydrogen-bond donors (Lipinski definition) is 1. The van der Waals surface area contributed by atoms with Gasteiger partial charge in [-0.15, -0.1) is 10.2 Å². The zero-order chi connectivity index (χ0) is 11.2. The molecule has 0 spiro atoms. The topological polar surface area (TPSA) is 60.2 Å². The molecule has 2 heterocycles. The van der Waals surface area contributed by atoms with Gasteiger partial charge in [0.25, 0.3) is 0 Å².